The molecule has 3 aromatic rings. The minimum atomic E-state index is -1.10. The topological polar surface area (TPSA) is 97.4 Å². The maximum atomic E-state index is 12.3. The van der Waals surface area contributed by atoms with E-state index in [0.29, 0.717) is 25.1 Å². The second kappa shape index (κ2) is 7.65. The smallest absolute Gasteiger partial charge is 0.339 e. The molecule has 1 aromatic carbocycles. The Morgan fingerprint density at radius 3 is 2.67 bits per heavy atom. The predicted molar refractivity (Wildman–Crippen MR) is 101 cm³/mol. The summed E-state index contributed by atoms with van der Waals surface area (Å²) in [5.41, 5.74) is 2.03. The third kappa shape index (κ3) is 3.72. The number of carbonyl (C=O) groups is 2. The maximum Gasteiger partial charge on any atom is 0.339 e. The van der Waals surface area contributed by atoms with Crippen LogP contribution in [0.4, 0.5) is 0 Å². The van der Waals surface area contributed by atoms with Crippen molar-refractivity contribution in [3.63, 3.8) is 0 Å². The van der Waals surface area contributed by atoms with Crippen LogP contribution in [0.3, 0.4) is 0 Å². The van der Waals surface area contributed by atoms with Crippen LogP contribution >= 0.6 is 0 Å². The molecule has 0 aliphatic carbocycles. The lowest BCUT2D eigenvalue weighted by molar-refractivity contribution is 0.0694. The number of furan rings is 1. The highest BCUT2D eigenvalue weighted by atomic mass is 16.4. The van der Waals surface area contributed by atoms with Gasteiger partial charge in [0.05, 0.1) is 11.0 Å². The molecule has 27 heavy (non-hydrogen) atoms. The fraction of sp³-hybridized carbons (Fsp3) is 0.350. The fourth-order valence-electron chi connectivity index (χ4n) is 3.21. The van der Waals surface area contributed by atoms with Crippen molar-refractivity contribution in [1.82, 2.24) is 14.9 Å². The Labute approximate surface area is 157 Å². The first-order chi connectivity index (χ1) is 12.9. The van der Waals surface area contributed by atoms with Crippen LogP contribution in [0.15, 0.2) is 34.7 Å². The van der Waals surface area contributed by atoms with Gasteiger partial charge in [-0.3, -0.25) is 4.79 Å². The zero-order chi connectivity index (χ0) is 19.6. The summed E-state index contributed by atoms with van der Waals surface area (Å²) in [6, 6.07) is 9.47. The van der Waals surface area contributed by atoms with E-state index in [2.05, 4.69) is 28.7 Å². The van der Waals surface area contributed by atoms with Gasteiger partial charge in [-0.05, 0) is 26.0 Å². The SMILES string of the molecule is CCc1oc(C(=O)NCCc2nc3ccccc3n2C(C)C)cc1C(=O)O. The highest BCUT2D eigenvalue weighted by molar-refractivity contribution is 5.96. The van der Waals surface area contributed by atoms with Crippen molar-refractivity contribution in [2.75, 3.05) is 6.54 Å². The molecule has 1 amide bonds. The number of carbonyl (C=O) groups excluding carboxylic acids is 1. The van der Waals surface area contributed by atoms with Crippen molar-refractivity contribution in [1.29, 1.82) is 0 Å². The molecule has 7 heteroatoms. The molecule has 0 atom stereocenters. The first-order valence-corrected chi connectivity index (χ1v) is 9.02. The Hall–Kier alpha value is -3.09. The molecule has 2 N–H and O–H groups in total. The van der Waals surface area contributed by atoms with Gasteiger partial charge in [-0.1, -0.05) is 19.1 Å². The average Bonchev–Trinajstić information content (AvgIpc) is 3.22. The molecule has 0 unspecified atom stereocenters. The highest BCUT2D eigenvalue weighted by Gasteiger charge is 2.20. The summed E-state index contributed by atoms with van der Waals surface area (Å²) in [6.07, 6.45) is 0.971. The van der Waals surface area contributed by atoms with E-state index in [0.717, 1.165) is 16.9 Å². The van der Waals surface area contributed by atoms with Gasteiger partial charge in [-0.25, -0.2) is 9.78 Å². The van der Waals surface area contributed by atoms with E-state index < -0.39 is 11.9 Å². The van der Waals surface area contributed by atoms with Crippen molar-refractivity contribution in [3.05, 3.63) is 53.2 Å². The van der Waals surface area contributed by atoms with E-state index >= 15 is 0 Å². The molecule has 7 nitrogen and oxygen atoms in total. The van der Waals surface area contributed by atoms with Crippen LogP contribution in [0.25, 0.3) is 11.0 Å². The molecule has 2 aromatic heterocycles. The number of nitrogens with zero attached hydrogens (tertiary/aromatic N) is 2. The third-order valence-corrected chi connectivity index (χ3v) is 4.40. The minimum Gasteiger partial charge on any atom is -0.478 e. The van der Waals surface area contributed by atoms with Gasteiger partial charge in [0.15, 0.2) is 5.76 Å². The Balaban J connectivity index is 1.71. The number of para-hydroxylation sites is 2. The Morgan fingerprint density at radius 2 is 2.04 bits per heavy atom. The Kier molecular flexibility index (Phi) is 5.30. The number of hydrogen-bond donors (Lipinski definition) is 2. The number of aryl methyl sites for hydroxylation is 1. The second-order valence-corrected chi connectivity index (χ2v) is 6.59. The summed E-state index contributed by atoms with van der Waals surface area (Å²) in [6.45, 7) is 6.35. The van der Waals surface area contributed by atoms with Gasteiger partial charge in [-0.2, -0.15) is 0 Å². The lowest BCUT2D eigenvalue weighted by Gasteiger charge is -2.13. The van der Waals surface area contributed by atoms with Crippen molar-refractivity contribution >= 4 is 22.9 Å². The molecule has 0 saturated carbocycles. The highest BCUT2D eigenvalue weighted by Crippen LogP contribution is 2.21. The van der Waals surface area contributed by atoms with Crippen molar-refractivity contribution in [3.8, 4) is 0 Å². The molecule has 142 valence electrons. The summed E-state index contributed by atoms with van der Waals surface area (Å²) in [5, 5.41) is 11.9. The van der Waals surface area contributed by atoms with Crippen LogP contribution in [0.5, 0.6) is 0 Å². The molecule has 0 aliphatic heterocycles. The molecule has 0 radical (unpaired) electrons. The summed E-state index contributed by atoms with van der Waals surface area (Å²) >= 11 is 0. The molecule has 2 heterocycles. The van der Waals surface area contributed by atoms with Crippen molar-refractivity contribution in [2.24, 2.45) is 0 Å². The molecule has 0 aliphatic rings. The van der Waals surface area contributed by atoms with E-state index in [1.165, 1.54) is 6.07 Å². The molecule has 0 spiro atoms. The maximum absolute atomic E-state index is 12.3. The van der Waals surface area contributed by atoms with E-state index in [9.17, 15) is 9.59 Å². The standard InChI is InChI=1S/C20H23N3O4/c1-4-16-13(20(25)26)11-17(27-16)19(24)21-10-9-18-22-14-7-5-6-8-15(14)23(18)12(2)3/h5-8,11-12H,4,9-10H2,1-3H3,(H,21,24)(H,25,26). The number of aromatic nitrogens is 2. The van der Waals surface area contributed by atoms with E-state index in [-0.39, 0.29) is 17.4 Å². The Bertz CT molecular complexity index is 984. The van der Waals surface area contributed by atoms with Crippen LogP contribution in [0.1, 0.15) is 59.3 Å². The van der Waals surface area contributed by atoms with E-state index in [1.54, 1.807) is 6.92 Å². The third-order valence-electron chi connectivity index (χ3n) is 4.40. The number of carboxylic acid groups (broad SMARTS) is 1. The number of nitrogens with one attached hydrogen (secondary N) is 1. The predicted octanol–water partition coefficient (Wildman–Crippen LogP) is 3.44. The molecule has 0 fully saturated rings. The summed E-state index contributed by atoms with van der Waals surface area (Å²) in [4.78, 5) is 28.2. The van der Waals surface area contributed by atoms with Gasteiger partial charge in [0, 0.05) is 31.5 Å². The number of fused-ring (bicyclic) bond motifs is 1. The van der Waals surface area contributed by atoms with Gasteiger partial charge in [-0.15, -0.1) is 0 Å². The van der Waals surface area contributed by atoms with Crippen LogP contribution < -0.4 is 5.32 Å². The number of rotatable bonds is 7. The largest absolute Gasteiger partial charge is 0.478 e. The number of carboxylic acids is 1. The summed E-state index contributed by atoms with van der Waals surface area (Å²) in [5.74, 6) is -0.313. The van der Waals surface area contributed by atoms with Gasteiger partial charge < -0.3 is 19.4 Å². The van der Waals surface area contributed by atoms with Gasteiger partial charge in [0.2, 0.25) is 0 Å². The molecule has 3 rings (SSSR count). The molecule has 0 bridgehead atoms. The normalized spacial score (nSPS) is 11.3. The number of amides is 1. The first kappa shape index (κ1) is 18.7. The zero-order valence-electron chi connectivity index (χ0n) is 15.7. The lowest BCUT2D eigenvalue weighted by atomic mass is 10.2. The number of imidazole rings is 1. The monoisotopic (exact) mass is 369 g/mol. The number of aromatic carboxylic acids is 1. The van der Waals surface area contributed by atoms with Crippen LogP contribution in [0.2, 0.25) is 0 Å². The van der Waals surface area contributed by atoms with Gasteiger partial charge in [0.25, 0.3) is 5.91 Å². The minimum absolute atomic E-state index is 0.0154. The van der Waals surface area contributed by atoms with Crippen LogP contribution in [-0.2, 0) is 12.8 Å². The summed E-state index contributed by atoms with van der Waals surface area (Å²) < 4.78 is 7.54. The van der Waals surface area contributed by atoms with Crippen molar-refractivity contribution in [2.45, 2.75) is 39.7 Å². The lowest BCUT2D eigenvalue weighted by Crippen LogP contribution is -2.26. The van der Waals surface area contributed by atoms with E-state index in [4.69, 9.17) is 9.52 Å². The summed E-state index contributed by atoms with van der Waals surface area (Å²) in [7, 11) is 0. The quantitative estimate of drug-likeness (QED) is 0.665. The molecular weight excluding hydrogens is 346 g/mol. The Morgan fingerprint density at radius 1 is 1.30 bits per heavy atom. The van der Waals surface area contributed by atoms with Crippen LogP contribution in [0, 0.1) is 0 Å². The van der Waals surface area contributed by atoms with E-state index in [1.807, 2.05) is 24.3 Å². The molecule has 0 saturated heterocycles. The zero-order valence-corrected chi connectivity index (χ0v) is 15.7. The molecular formula is C20H23N3O4. The van der Waals surface area contributed by atoms with Crippen LogP contribution in [-0.4, -0.2) is 33.1 Å². The fourth-order valence-corrected chi connectivity index (χ4v) is 3.21. The average molecular weight is 369 g/mol. The first-order valence-electron chi connectivity index (χ1n) is 9.02. The van der Waals surface area contributed by atoms with Gasteiger partial charge >= 0.3 is 5.97 Å². The van der Waals surface area contributed by atoms with Gasteiger partial charge in [0.1, 0.15) is 17.1 Å². The number of hydrogen-bond acceptors (Lipinski definition) is 4. The number of benzene rings is 1. The van der Waals surface area contributed by atoms with Crippen molar-refractivity contribution < 1.29 is 19.1 Å². The second-order valence-electron chi connectivity index (χ2n) is 6.59.